The fourth-order valence-corrected chi connectivity index (χ4v) is 3.85. The molecule has 1 unspecified atom stereocenters. The highest BCUT2D eigenvalue weighted by Gasteiger charge is 2.30. The predicted octanol–water partition coefficient (Wildman–Crippen LogP) is 5.19. The first-order chi connectivity index (χ1) is 12.0. The maximum Gasteiger partial charge on any atom is 0.306 e. The summed E-state index contributed by atoms with van der Waals surface area (Å²) >= 11 is 12.3. The lowest BCUT2D eigenvalue weighted by molar-refractivity contribution is -0.143. The van der Waals surface area contributed by atoms with Gasteiger partial charge in [-0.05, 0) is 56.1 Å². The van der Waals surface area contributed by atoms with Crippen LogP contribution in [-0.2, 0) is 4.79 Å². The number of rotatable bonds is 4. The third-order valence-electron chi connectivity index (χ3n) is 4.86. The van der Waals surface area contributed by atoms with Gasteiger partial charge in [-0.3, -0.25) is 9.69 Å². The van der Waals surface area contributed by atoms with Crippen LogP contribution in [0.15, 0.2) is 42.5 Å². The molecule has 0 saturated carbocycles. The number of benzene rings is 2. The Morgan fingerprint density at radius 2 is 1.76 bits per heavy atom. The molecule has 1 aliphatic heterocycles. The number of hydrogen-bond donors (Lipinski definition) is 1. The molecular weight excluding hydrogens is 357 g/mol. The number of piperidine rings is 1. The van der Waals surface area contributed by atoms with Crippen molar-refractivity contribution >= 4 is 29.2 Å². The maximum absolute atomic E-state index is 11.2. The van der Waals surface area contributed by atoms with Crippen molar-refractivity contribution in [3.05, 3.63) is 69.2 Å². The summed E-state index contributed by atoms with van der Waals surface area (Å²) in [5.74, 6) is -0.940. The Balaban J connectivity index is 1.95. The van der Waals surface area contributed by atoms with Gasteiger partial charge in [0.25, 0.3) is 0 Å². The molecule has 132 valence electrons. The largest absolute Gasteiger partial charge is 0.481 e. The first-order valence-corrected chi connectivity index (χ1v) is 9.19. The van der Waals surface area contributed by atoms with Crippen LogP contribution in [0.25, 0.3) is 0 Å². The van der Waals surface area contributed by atoms with E-state index in [2.05, 4.69) is 36.1 Å². The molecule has 0 spiro atoms. The van der Waals surface area contributed by atoms with E-state index >= 15 is 0 Å². The number of nitrogens with zero attached hydrogens (tertiary/aromatic N) is 1. The maximum atomic E-state index is 11.2. The van der Waals surface area contributed by atoms with Gasteiger partial charge in [0.1, 0.15) is 0 Å². The topological polar surface area (TPSA) is 40.5 Å². The fourth-order valence-electron chi connectivity index (χ4n) is 3.54. The lowest BCUT2D eigenvalue weighted by Crippen LogP contribution is -2.39. The Bertz CT molecular complexity index is 770. The third kappa shape index (κ3) is 4.17. The Labute approximate surface area is 158 Å². The molecule has 1 heterocycles. The van der Waals surface area contributed by atoms with E-state index in [1.807, 2.05) is 18.2 Å². The van der Waals surface area contributed by atoms with Crippen molar-refractivity contribution in [3.8, 4) is 0 Å². The molecule has 3 rings (SSSR count). The molecule has 0 bridgehead atoms. The van der Waals surface area contributed by atoms with E-state index in [4.69, 9.17) is 23.2 Å². The average molecular weight is 378 g/mol. The zero-order valence-electron chi connectivity index (χ0n) is 14.1. The van der Waals surface area contributed by atoms with Crippen LogP contribution in [0.2, 0.25) is 10.0 Å². The molecule has 1 N–H and O–H groups in total. The number of carboxylic acid groups (broad SMARTS) is 1. The van der Waals surface area contributed by atoms with Gasteiger partial charge in [0.05, 0.1) is 22.0 Å². The quantitative estimate of drug-likeness (QED) is 0.796. The monoisotopic (exact) mass is 377 g/mol. The Morgan fingerprint density at radius 1 is 1.08 bits per heavy atom. The minimum absolute atomic E-state index is 0.0458. The molecule has 0 aromatic heterocycles. The number of carbonyl (C=O) groups is 1. The molecule has 2 aromatic carbocycles. The van der Waals surface area contributed by atoms with Crippen molar-refractivity contribution in [1.82, 2.24) is 4.90 Å². The molecule has 25 heavy (non-hydrogen) atoms. The van der Waals surface area contributed by atoms with E-state index < -0.39 is 5.97 Å². The minimum Gasteiger partial charge on any atom is -0.481 e. The number of halogens is 2. The van der Waals surface area contributed by atoms with Crippen molar-refractivity contribution in [2.24, 2.45) is 5.92 Å². The van der Waals surface area contributed by atoms with Crippen LogP contribution < -0.4 is 0 Å². The zero-order chi connectivity index (χ0) is 18.0. The second kappa shape index (κ2) is 7.77. The Kier molecular flexibility index (Phi) is 5.67. The number of hydrogen-bond acceptors (Lipinski definition) is 2. The first-order valence-electron chi connectivity index (χ1n) is 8.44. The van der Waals surface area contributed by atoms with Crippen LogP contribution in [0.3, 0.4) is 0 Å². The van der Waals surface area contributed by atoms with Crippen molar-refractivity contribution in [3.63, 3.8) is 0 Å². The predicted molar refractivity (Wildman–Crippen MR) is 101 cm³/mol. The molecule has 1 aliphatic rings. The Hall–Kier alpha value is -1.55. The molecule has 3 nitrogen and oxygen atoms in total. The lowest BCUT2D eigenvalue weighted by Gasteiger charge is -2.37. The molecular formula is C20H21Cl2NO2. The van der Waals surface area contributed by atoms with Crippen molar-refractivity contribution < 1.29 is 9.90 Å². The van der Waals surface area contributed by atoms with E-state index in [-0.39, 0.29) is 12.0 Å². The summed E-state index contributed by atoms with van der Waals surface area (Å²) in [6.07, 6.45) is 1.33. The van der Waals surface area contributed by atoms with Gasteiger partial charge in [-0.25, -0.2) is 0 Å². The van der Waals surface area contributed by atoms with Crippen LogP contribution in [0.4, 0.5) is 0 Å². The number of aryl methyl sites for hydroxylation is 1. The Morgan fingerprint density at radius 3 is 2.36 bits per heavy atom. The molecule has 1 saturated heterocycles. The van der Waals surface area contributed by atoms with Gasteiger partial charge >= 0.3 is 5.97 Å². The number of likely N-dealkylation sites (tertiary alicyclic amines) is 1. The molecule has 2 aromatic rings. The second-order valence-corrected chi connectivity index (χ2v) is 7.45. The van der Waals surface area contributed by atoms with E-state index in [1.54, 1.807) is 0 Å². The van der Waals surface area contributed by atoms with Gasteiger partial charge in [-0.1, -0.05) is 59.1 Å². The summed E-state index contributed by atoms with van der Waals surface area (Å²) in [5.41, 5.74) is 3.46. The lowest BCUT2D eigenvalue weighted by atomic mass is 9.91. The van der Waals surface area contributed by atoms with E-state index in [9.17, 15) is 9.90 Å². The van der Waals surface area contributed by atoms with Gasteiger partial charge in [0, 0.05) is 0 Å². The summed E-state index contributed by atoms with van der Waals surface area (Å²) in [6.45, 7) is 3.57. The highest BCUT2D eigenvalue weighted by molar-refractivity contribution is 6.42. The second-order valence-electron chi connectivity index (χ2n) is 6.64. The van der Waals surface area contributed by atoms with Crippen LogP contribution in [-0.4, -0.2) is 29.1 Å². The zero-order valence-corrected chi connectivity index (χ0v) is 15.6. The van der Waals surface area contributed by atoms with E-state index in [0.717, 1.165) is 18.7 Å². The van der Waals surface area contributed by atoms with Gasteiger partial charge in [-0.15, -0.1) is 0 Å². The van der Waals surface area contributed by atoms with Crippen LogP contribution in [0.5, 0.6) is 0 Å². The number of carboxylic acids is 1. The average Bonchev–Trinajstić information content (AvgIpc) is 2.59. The third-order valence-corrected chi connectivity index (χ3v) is 5.60. The SMILES string of the molecule is Cc1cccc(C(c2ccc(Cl)c(Cl)c2)N2CCC(C(=O)O)CC2)c1. The smallest absolute Gasteiger partial charge is 0.306 e. The fraction of sp³-hybridized carbons (Fsp3) is 0.350. The normalized spacial score (nSPS) is 17.4. The van der Waals surface area contributed by atoms with Gasteiger partial charge in [0.15, 0.2) is 0 Å². The highest BCUT2D eigenvalue weighted by atomic mass is 35.5. The van der Waals surface area contributed by atoms with Gasteiger partial charge in [0.2, 0.25) is 0 Å². The summed E-state index contributed by atoms with van der Waals surface area (Å²) in [5, 5.41) is 10.3. The molecule has 0 amide bonds. The molecule has 1 fully saturated rings. The summed E-state index contributed by atoms with van der Waals surface area (Å²) in [4.78, 5) is 13.6. The van der Waals surface area contributed by atoms with Gasteiger partial charge < -0.3 is 5.11 Å². The molecule has 0 radical (unpaired) electrons. The highest BCUT2D eigenvalue weighted by Crippen LogP contribution is 2.35. The summed E-state index contributed by atoms with van der Waals surface area (Å²) in [7, 11) is 0. The molecule has 5 heteroatoms. The van der Waals surface area contributed by atoms with Crippen LogP contribution in [0.1, 0.15) is 35.6 Å². The van der Waals surface area contributed by atoms with Crippen molar-refractivity contribution in [1.29, 1.82) is 0 Å². The standard InChI is InChI=1S/C20H21Cl2NO2/c1-13-3-2-4-15(11-13)19(16-5-6-17(21)18(22)12-16)23-9-7-14(8-10-23)20(24)25/h2-6,11-12,14,19H,7-10H2,1H3,(H,24,25). The van der Waals surface area contributed by atoms with E-state index in [0.29, 0.717) is 22.9 Å². The minimum atomic E-state index is -0.693. The van der Waals surface area contributed by atoms with Crippen molar-refractivity contribution in [2.75, 3.05) is 13.1 Å². The van der Waals surface area contributed by atoms with E-state index in [1.165, 1.54) is 11.1 Å². The van der Waals surface area contributed by atoms with Crippen LogP contribution >= 0.6 is 23.2 Å². The van der Waals surface area contributed by atoms with Crippen molar-refractivity contribution in [2.45, 2.75) is 25.8 Å². The van der Waals surface area contributed by atoms with Gasteiger partial charge in [-0.2, -0.15) is 0 Å². The molecule has 0 aliphatic carbocycles. The molecule has 1 atom stereocenters. The number of aliphatic carboxylic acids is 1. The summed E-state index contributed by atoms with van der Waals surface area (Å²) < 4.78 is 0. The summed E-state index contributed by atoms with van der Waals surface area (Å²) in [6, 6.07) is 14.2. The first kappa shape index (κ1) is 18.2. The van der Waals surface area contributed by atoms with Crippen LogP contribution in [0, 0.1) is 12.8 Å².